The molecule has 0 radical (unpaired) electrons. The molecule has 0 amide bonds. The normalized spacial score (nSPS) is 10.4. The highest BCUT2D eigenvalue weighted by molar-refractivity contribution is 7.98. The molecule has 17 heavy (non-hydrogen) atoms. The average Bonchev–Trinajstić information content (AvgIpc) is 2.34. The summed E-state index contributed by atoms with van der Waals surface area (Å²) in [5.41, 5.74) is 12.6. The number of hydrogen-bond acceptors (Lipinski definition) is 5. The number of aromatic nitrogens is 2. The Labute approximate surface area is 108 Å². The number of rotatable bonds is 3. The van der Waals surface area contributed by atoms with Gasteiger partial charge >= 0.3 is 0 Å². The Balaban J connectivity index is 2.10. The van der Waals surface area contributed by atoms with Crippen molar-refractivity contribution < 1.29 is 0 Å². The topological polar surface area (TPSA) is 77.8 Å². The molecule has 0 saturated heterocycles. The molecule has 1 heterocycles. The molecular weight excluding hydrogens is 256 g/mol. The summed E-state index contributed by atoms with van der Waals surface area (Å²) in [5, 5.41) is 0.735. The second-order valence-corrected chi connectivity index (χ2v) is 4.67. The predicted octanol–water partition coefficient (Wildman–Crippen LogP) is 2.59. The standard InChI is InChI=1S/C11H11ClN4S/c12-9-8(13)10(14)16-11(15-9)17-6-7-4-2-1-3-5-7/h1-5H,6,13H2,(H2,14,15,16). The first-order valence-corrected chi connectivity index (χ1v) is 6.28. The van der Waals surface area contributed by atoms with Crippen molar-refractivity contribution in [2.75, 3.05) is 11.5 Å². The molecule has 0 saturated carbocycles. The molecule has 4 nitrogen and oxygen atoms in total. The molecule has 0 unspecified atom stereocenters. The van der Waals surface area contributed by atoms with Crippen LogP contribution in [0.3, 0.4) is 0 Å². The van der Waals surface area contributed by atoms with Crippen molar-refractivity contribution >= 4 is 34.9 Å². The van der Waals surface area contributed by atoms with Crippen LogP contribution in [0.1, 0.15) is 5.56 Å². The smallest absolute Gasteiger partial charge is 0.191 e. The van der Waals surface area contributed by atoms with E-state index < -0.39 is 0 Å². The fourth-order valence-electron chi connectivity index (χ4n) is 1.22. The van der Waals surface area contributed by atoms with Gasteiger partial charge in [-0.15, -0.1) is 0 Å². The number of nitrogens with zero attached hydrogens (tertiary/aromatic N) is 2. The largest absolute Gasteiger partial charge is 0.393 e. The van der Waals surface area contributed by atoms with Gasteiger partial charge in [0.1, 0.15) is 5.69 Å². The Bertz CT molecular complexity index is 495. The van der Waals surface area contributed by atoms with E-state index in [1.165, 1.54) is 17.3 Å². The van der Waals surface area contributed by atoms with Gasteiger partial charge < -0.3 is 11.5 Å². The zero-order valence-electron chi connectivity index (χ0n) is 8.93. The highest BCUT2D eigenvalue weighted by Crippen LogP contribution is 2.26. The molecule has 2 aromatic rings. The van der Waals surface area contributed by atoms with Gasteiger partial charge in [0, 0.05) is 5.75 Å². The minimum Gasteiger partial charge on any atom is -0.393 e. The van der Waals surface area contributed by atoms with Gasteiger partial charge in [-0.1, -0.05) is 53.7 Å². The van der Waals surface area contributed by atoms with Gasteiger partial charge in [0.15, 0.2) is 16.1 Å². The van der Waals surface area contributed by atoms with Crippen LogP contribution in [0, 0.1) is 0 Å². The van der Waals surface area contributed by atoms with E-state index in [0.29, 0.717) is 5.16 Å². The number of thioether (sulfide) groups is 1. The van der Waals surface area contributed by atoms with Crippen LogP contribution in [-0.4, -0.2) is 9.97 Å². The van der Waals surface area contributed by atoms with E-state index in [0.717, 1.165) is 5.75 Å². The average molecular weight is 267 g/mol. The van der Waals surface area contributed by atoms with Gasteiger partial charge in [-0.05, 0) is 5.56 Å². The van der Waals surface area contributed by atoms with Crippen molar-refractivity contribution in [2.45, 2.75) is 10.9 Å². The summed E-state index contributed by atoms with van der Waals surface area (Å²) < 4.78 is 0. The minimum absolute atomic E-state index is 0.202. The van der Waals surface area contributed by atoms with Gasteiger partial charge in [-0.3, -0.25) is 0 Å². The van der Waals surface area contributed by atoms with E-state index in [-0.39, 0.29) is 16.7 Å². The lowest BCUT2D eigenvalue weighted by Gasteiger charge is -2.05. The van der Waals surface area contributed by atoms with E-state index in [9.17, 15) is 0 Å². The minimum atomic E-state index is 0.202. The third kappa shape index (κ3) is 3.01. The first-order chi connectivity index (χ1) is 8.16. The second kappa shape index (κ2) is 5.25. The molecule has 0 fully saturated rings. The van der Waals surface area contributed by atoms with Crippen LogP contribution in [0.5, 0.6) is 0 Å². The first-order valence-electron chi connectivity index (χ1n) is 4.92. The summed E-state index contributed by atoms with van der Waals surface area (Å²) in [5.74, 6) is 0.987. The van der Waals surface area contributed by atoms with Crippen molar-refractivity contribution in [3.05, 3.63) is 41.0 Å². The van der Waals surface area contributed by atoms with Gasteiger partial charge in [0.25, 0.3) is 0 Å². The number of halogens is 1. The van der Waals surface area contributed by atoms with Gasteiger partial charge in [-0.25, -0.2) is 9.97 Å². The molecule has 0 bridgehead atoms. The number of hydrogen-bond donors (Lipinski definition) is 2. The highest BCUT2D eigenvalue weighted by atomic mass is 35.5. The van der Waals surface area contributed by atoms with E-state index in [1.54, 1.807) is 0 Å². The lowest BCUT2D eigenvalue weighted by atomic mass is 10.2. The molecule has 1 aromatic heterocycles. The lowest BCUT2D eigenvalue weighted by Crippen LogP contribution is -2.02. The summed E-state index contributed by atoms with van der Waals surface area (Å²) >= 11 is 7.30. The summed E-state index contributed by atoms with van der Waals surface area (Å²) in [4.78, 5) is 8.13. The quantitative estimate of drug-likeness (QED) is 0.507. The van der Waals surface area contributed by atoms with Crippen LogP contribution in [0.15, 0.2) is 35.5 Å². The Kier molecular flexibility index (Phi) is 3.71. The predicted molar refractivity (Wildman–Crippen MR) is 71.9 cm³/mol. The second-order valence-electron chi connectivity index (χ2n) is 3.37. The van der Waals surface area contributed by atoms with Crippen molar-refractivity contribution in [1.29, 1.82) is 0 Å². The molecular formula is C11H11ClN4S. The molecule has 1 aromatic carbocycles. The highest BCUT2D eigenvalue weighted by Gasteiger charge is 2.07. The van der Waals surface area contributed by atoms with E-state index in [4.69, 9.17) is 23.1 Å². The monoisotopic (exact) mass is 266 g/mol. The zero-order valence-corrected chi connectivity index (χ0v) is 10.5. The van der Waals surface area contributed by atoms with Crippen LogP contribution < -0.4 is 11.5 Å². The maximum Gasteiger partial charge on any atom is 0.191 e. The third-order valence-electron chi connectivity index (χ3n) is 2.12. The number of nitrogen functional groups attached to an aromatic ring is 2. The Hall–Kier alpha value is -1.46. The van der Waals surface area contributed by atoms with Gasteiger partial charge in [0.2, 0.25) is 0 Å². The molecule has 0 spiro atoms. The maximum absolute atomic E-state index is 5.83. The van der Waals surface area contributed by atoms with Crippen LogP contribution in [0.4, 0.5) is 11.5 Å². The van der Waals surface area contributed by atoms with Gasteiger partial charge in [0.05, 0.1) is 0 Å². The Morgan fingerprint density at radius 2 is 1.82 bits per heavy atom. The number of nitrogens with two attached hydrogens (primary N) is 2. The molecule has 6 heteroatoms. The number of benzene rings is 1. The Morgan fingerprint density at radius 3 is 2.47 bits per heavy atom. The Morgan fingerprint density at radius 1 is 1.12 bits per heavy atom. The molecule has 0 aliphatic rings. The first kappa shape index (κ1) is 12.0. The molecule has 88 valence electrons. The molecule has 2 rings (SSSR count). The van der Waals surface area contributed by atoms with Crippen LogP contribution in [0.25, 0.3) is 0 Å². The summed E-state index contributed by atoms with van der Waals surface area (Å²) in [7, 11) is 0. The fraction of sp³-hybridized carbons (Fsp3) is 0.0909. The van der Waals surface area contributed by atoms with Gasteiger partial charge in [-0.2, -0.15) is 0 Å². The number of anilines is 2. The van der Waals surface area contributed by atoms with Crippen LogP contribution in [-0.2, 0) is 5.75 Å². The van der Waals surface area contributed by atoms with Crippen molar-refractivity contribution in [2.24, 2.45) is 0 Å². The van der Waals surface area contributed by atoms with E-state index in [2.05, 4.69) is 9.97 Å². The third-order valence-corrected chi connectivity index (χ3v) is 3.33. The van der Waals surface area contributed by atoms with Crippen LogP contribution in [0.2, 0.25) is 5.15 Å². The molecule has 4 N–H and O–H groups in total. The van der Waals surface area contributed by atoms with E-state index >= 15 is 0 Å². The zero-order chi connectivity index (χ0) is 12.3. The lowest BCUT2D eigenvalue weighted by molar-refractivity contribution is 0.979. The summed E-state index contributed by atoms with van der Waals surface area (Å²) in [6, 6.07) is 10.0. The van der Waals surface area contributed by atoms with E-state index in [1.807, 2.05) is 30.3 Å². The molecule has 0 aliphatic carbocycles. The molecule has 0 atom stereocenters. The van der Waals surface area contributed by atoms with Crippen molar-refractivity contribution in [3.8, 4) is 0 Å². The van der Waals surface area contributed by atoms with Crippen molar-refractivity contribution in [3.63, 3.8) is 0 Å². The molecule has 0 aliphatic heterocycles. The fourth-order valence-corrected chi connectivity index (χ4v) is 2.26. The SMILES string of the molecule is Nc1nc(SCc2ccccc2)nc(Cl)c1N. The van der Waals surface area contributed by atoms with Crippen LogP contribution >= 0.6 is 23.4 Å². The summed E-state index contributed by atoms with van der Waals surface area (Å²) in [6.07, 6.45) is 0. The maximum atomic E-state index is 5.83. The summed E-state index contributed by atoms with van der Waals surface area (Å²) in [6.45, 7) is 0. The van der Waals surface area contributed by atoms with Crippen molar-refractivity contribution in [1.82, 2.24) is 9.97 Å².